The number of benzene rings is 1. The van der Waals surface area contributed by atoms with Gasteiger partial charge in [-0.05, 0) is 31.9 Å². The highest BCUT2D eigenvalue weighted by Gasteiger charge is 2.32. The van der Waals surface area contributed by atoms with Crippen LogP contribution in [0.5, 0.6) is 0 Å². The first-order valence-corrected chi connectivity index (χ1v) is 6.49. The van der Waals surface area contributed by atoms with Gasteiger partial charge in [-0.2, -0.15) is 5.10 Å². The van der Waals surface area contributed by atoms with E-state index in [4.69, 9.17) is 0 Å². The number of hydrogen-bond acceptors (Lipinski definition) is 2. The van der Waals surface area contributed by atoms with E-state index in [1.165, 1.54) is 5.56 Å². The molecule has 1 aliphatic rings. The monoisotopic (exact) mass is 255 g/mol. The number of para-hydroxylation sites is 1. The average Bonchev–Trinajstić information content (AvgIpc) is 2.87. The Labute approximate surface area is 112 Å². The maximum atomic E-state index is 12.7. The second-order valence-electron chi connectivity index (χ2n) is 5.19. The van der Waals surface area contributed by atoms with Crippen LogP contribution in [0, 0.1) is 6.92 Å². The molecule has 19 heavy (non-hydrogen) atoms. The smallest absolute Gasteiger partial charge is 0.279 e. The molecule has 4 nitrogen and oxygen atoms in total. The molecule has 4 heteroatoms. The summed E-state index contributed by atoms with van der Waals surface area (Å²) in [4.78, 5) is 14.6. The zero-order valence-corrected chi connectivity index (χ0v) is 11.4. The van der Waals surface area contributed by atoms with Gasteiger partial charge >= 0.3 is 0 Å². The number of aryl methyl sites for hydroxylation is 2. The van der Waals surface area contributed by atoms with Gasteiger partial charge in [-0.25, -0.2) is 0 Å². The van der Waals surface area contributed by atoms with Gasteiger partial charge in [0, 0.05) is 30.5 Å². The second kappa shape index (κ2) is 4.23. The van der Waals surface area contributed by atoms with Gasteiger partial charge in [0.05, 0.1) is 0 Å². The number of nitrogens with zero attached hydrogens (tertiary/aromatic N) is 3. The minimum Gasteiger partial charge on any atom is -0.304 e. The van der Waals surface area contributed by atoms with E-state index in [0.29, 0.717) is 5.69 Å². The SMILES string of the molecule is Cc1cn(C)nc1C(=O)N1c2ccccc2CC1C. The highest BCUT2D eigenvalue weighted by molar-refractivity contribution is 6.07. The number of carbonyl (C=O) groups is 1. The summed E-state index contributed by atoms with van der Waals surface area (Å²) < 4.78 is 1.69. The zero-order chi connectivity index (χ0) is 13.6. The van der Waals surface area contributed by atoms with Gasteiger partial charge in [0.15, 0.2) is 5.69 Å². The highest BCUT2D eigenvalue weighted by Crippen LogP contribution is 2.33. The highest BCUT2D eigenvalue weighted by atomic mass is 16.2. The summed E-state index contributed by atoms with van der Waals surface area (Å²) in [6.45, 7) is 4.00. The largest absolute Gasteiger partial charge is 0.304 e. The molecule has 0 saturated carbocycles. The Hall–Kier alpha value is -2.10. The van der Waals surface area contributed by atoms with Crippen LogP contribution < -0.4 is 4.90 Å². The van der Waals surface area contributed by atoms with Crippen molar-refractivity contribution in [1.82, 2.24) is 9.78 Å². The minimum absolute atomic E-state index is 0.00412. The molecule has 0 N–H and O–H groups in total. The van der Waals surface area contributed by atoms with E-state index in [0.717, 1.165) is 17.7 Å². The fourth-order valence-electron chi connectivity index (χ4n) is 2.81. The van der Waals surface area contributed by atoms with Crippen molar-refractivity contribution in [2.75, 3.05) is 4.90 Å². The second-order valence-corrected chi connectivity index (χ2v) is 5.19. The predicted octanol–water partition coefficient (Wildman–Crippen LogP) is 2.32. The maximum absolute atomic E-state index is 12.7. The summed E-state index contributed by atoms with van der Waals surface area (Å²) >= 11 is 0. The molecule has 0 radical (unpaired) electrons. The standard InChI is InChI=1S/C15H17N3O/c1-10-9-17(3)16-14(10)15(19)18-11(2)8-12-6-4-5-7-13(12)18/h4-7,9,11H,8H2,1-3H3. The molecule has 1 atom stereocenters. The van der Waals surface area contributed by atoms with Crippen molar-refractivity contribution >= 4 is 11.6 Å². The van der Waals surface area contributed by atoms with E-state index in [9.17, 15) is 4.79 Å². The van der Waals surface area contributed by atoms with Crippen molar-refractivity contribution in [2.24, 2.45) is 7.05 Å². The van der Waals surface area contributed by atoms with Crippen molar-refractivity contribution in [3.8, 4) is 0 Å². The number of fused-ring (bicyclic) bond motifs is 1. The molecular weight excluding hydrogens is 238 g/mol. The van der Waals surface area contributed by atoms with E-state index in [2.05, 4.69) is 18.1 Å². The van der Waals surface area contributed by atoms with Gasteiger partial charge in [-0.15, -0.1) is 0 Å². The molecule has 2 aromatic rings. The summed E-state index contributed by atoms with van der Waals surface area (Å²) in [6.07, 6.45) is 2.79. The van der Waals surface area contributed by atoms with Gasteiger partial charge in [-0.3, -0.25) is 9.48 Å². The topological polar surface area (TPSA) is 38.1 Å². The normalized spacial score (nSPS) is 17.6. The van der Waals surface area contributed by atoms with Gasteiger partial charge < -0.3 is 4.90 Å². The first-order valence-electron chi connectivity index (χ1n) is 6.49. The Morgan fingerprint density at radius 1 is 1.37 bits per heavy atom. The lowest BCUT2D eigenvalue weighted by atomic mass is 10.1. The quantitative estimate of drug-likeness (QED) is 0.784. The molecular formula is C15H17N3O. The Bertz CT molecular complexity index is 645. The number of anilines is 1. The number of amides is 1. The van der Waals surface area contributed by atoms with E-state index in [1.807, 2.05) is 43.3 Å². The molecule has 1 amide bonds. The first kappa shape index (κ1) is 12.0. The van der Waals surface area contributed by atoms with Crippen LogP contribution in [-0.4, -0.2) is 21.7 Å². The molecule has 0 spiro atoms. The Morgan fingerprint density at radius 3 is 2.79 bits per heavy atom. The lowest BCUT2D eigenvalue weighted by molar-refractivity contribution is 0.0975. The summed E-state index contributed by atoms with van der Waals surface area (Å²) in [6, 6.07) is 8.28. The van der Waals surface area contributed by atoms with E-state index < -0.39 is 0 Å². The summed E-state index contributed by atoms with van der Waals surface area (Å²) in [5.74, 6) is -0.00412. The van der Waals surface area contributed by atoms with Crippen LogP contribution in [0.3, 0.4) is 0 Å². The minimum atomic E-state index is -0.00412. The number of rotatable bonds is 1. The summed E-state index contributed by atoms with van der Waals surface area (Å²) in [5.41, 5.74) is 3.72. The third-order valence-electron chi connectivity index (χ3n) is 3.64. The van der Waals surface area contributed by atoms with Crippen molar-refractivity contribution < 1.29 is 4.79 Å². The lowest BCUT2D eigenvalue weighted by Crippen LogP contribution is -2.36. The lowest BCUT2D eigenvalue weighted by Gasteiger charge is -2.22. The van der Waals surface area contributed by atoms with Gasteiger partial charge in [0.25, 0.3) is 5.91 Å². The number of aromatic nitrogens is 2. The summed E-state index contributed by atoms with van der Waals surface area (Å²) in [5, 5.41) is 4.29. The van der Waals surface area contributed by atoms with Crippen LogP contribution in [0.2, 0.25) is 0 Å². The molecule has 0 saturated heterocycles. The van der Waals surface area contributed by atoms with E-state index in [1.54, 1.807) is 4.68 Å². The third-order valence-corrected chi connectivity index (χ3v) is 3.64. The number of hydrogen-bond donors (Lipinski definition) is 0. The van der Waals surface area contributed by atoms with Gasteiger partial charge in [0.1, 0.15) is 0 Å². The molecule has 2 heterocycles. The summed E-state index contributed by atoms with van der Waals surface area (Å²) in [7, 11) is 1.84. The Balaban J connectivity index is 2.03. The van der Waals surface area contributed by atoms with Crippen LogP contribution in [0.15, 0.2) is 30.5 Å². The molecule has 1 unspecified atom stereocenters. The molecule has 98 valence electrons. The van der Waals surface area contributed by atoms with Crippen LogP contribution in [0.25, 0.3) is 0 Å². The van der Waals surface area contributed by atoms with Crippen molar-refractivity contribution in [2.45, 2.75) is 26.3 Å². The van der Waals surface area contributed by atoms with Crippen molar-refractivity contribution in [3.05, 3.63) is 47.3 Å². The molecule has 1 aromatic carbocycles. The van der Waals surface area contributed by atoms with Gasteiger partial charge in [0.2, 0.25) is 0 Å². The fourth-order valence-corrected chi connectivity index (χ4v) is 2.81. The Morgan fingerprint density at radius 2 is 2.11 bits per heavy atom. The van der Waals surface area contributed by atoms with Crippen molar-refractivity contribution in [1.29, 1.82) is 0 Å². The molecule has 3 rings (SSSR count). The van der Waals surface area contributed by atoms with Crippen LogP contribution >= 0.6 is 0 Å². The molecule has 0 bridgehead atoms. The van der Waals surface area contributed by atoms with Crippen LogP contribution in [0.4, 0.5) is 5.69 Å². The molecule has 0 fully saturated rings. The third kappa shape index (κ3) is 1.84. The Kier molecular flexibility index (Phi) is 2.66. The van der Waals surface area contributed by atoms with Crippen molar-refractivity contribution in [3.63, 3.8) is 0 Å². The van der Waals surface area contributed by atoms with E-state index >= 15 is 0 Å². The predicted molar refractivity (Wildman–Crippen MR) is 74.4 cm³/mol. The van der Waals surface area contributed by atoms with Gasteiger partial charge in [-0.1, -0.05) is 18.2 Å². The number of carbonyl (C=O) groups excluding carboxylic acids is 1. The zero-order valence-electron chi connectivity index (χ0n) is 11.4. The average molecular weight is 255 g/mol. The molecule has 1 aliphatic heterocycles. The first-order chi connectivity index (χ1) is 9.08. The van der Waals surface area contributed by atoms with Crippen LogP contribution in [-0.2, 0) is 13.5 Å². The van der Waals surface area contributed by atoms with E-state index in [-0.39, 0.29) is 11.9 Å². The molecule has 0 aliphatic carbocycles. The van der Waals surface area contributed by atoms with Crippen LogP contribution in [0.1, 0.15) is 28.5 Å². The maximum Gasteiger partial charge on any atom is 0.279 e. The molecule has 1 aromatic heterocycles. The fraction of sp³-hybridized carbons (Fsp3) is 0.333.